The van der Waals surface area contributed by atoms with Crippen molar-refractivity contribution in [3.8, 4) is 5.75 Å². The molecule has 0 fully saturated rings. The van der Waals surface area contributed by atoms with E-state index in [1.54, 1.807) is 0 Å². The van der Waals surface area contributed by atoms with Gasteiger partial charge in [0.05, 0.1) is 5.69 Å². The van der Waals surface area contributed by atoms with E-state index in [1.807, 2.05) is 0 Å². The average Bonchev–Trinajstić information content (AvgIpc) is 2.01. The van der Waals surface area contributed by atoms with Gasteiger partial charge in [-0.1, -0.05) is 0 Å². The highest BCUT2D eigenvalue weighted by molar-refractivity contribution is 7.61. The van der Waals surface area contributed by atoms with Crippen molar-refractivity contribution in [2.24, 2.45) is 4.36 Å². The molecule has 2 N–H and O–H groups in total. The molecule has 14 heavy (non-hydrogen) atoms. The molecule has 7 heteroatoms. The predicted molar refractivity (Wildman–Crippen MR) is 46.1 cm³/mol. The predicted octanol–water partition coefficient (Wildman–Crippen LogP) is 0.785. The van der Waals surface area contributed by atoms with Crippen molar-refractivity contribution in [3.63, 3.8) is 0 Å². The third-order valence-electron chi connectivity index (χ3n) is 1.39. The van der Waals surface area contributed by atoms with Crippen LogP contribution in [0.4, 0.5) is 5.69 Å². The topological polar surface area (TPSA) is 104 Å². The molecule has 0 bridgehead atoms. The Morgan fingerprint density at radius 3 is 2.43 bits per heavy atom. The van der Waals surface area contributed by atoms with E-state index in [2.05, 4.69) is 4.36 Å². The van der Waals surface area contributed by atoms with Gasteiger partial charge < -0.3 is 10.2 Å². The van der Waals surface area contributed by atoms with E-state index in [1.165, 1.54) is 6.07 Å². The minimum absolute atomic E-state index is 0.0270. The number of carboxylic acid groups (broad SMARTS) is 1. The zero-order chi connectivity index (χ0) is 10.7. The van der Waals surface area contributed by atoms with Crippen LogP contribution in [0.15, 0.2) is 22.6 Å². The smallest absolute Gasteiger partial charge is 0.339 e. The zero-order valence-electron chi connectivity index (χ0n) is 6.71. The standard InChI is InChI=1S/C7H5NO5S/c9-6-3-4(8-14(12)13)1-2-5(6)7(10)11/h1-3,9H,(H,10,11). The third kappa shape index (κ3) is 2.30. The maximum atomic E-state index is 10.4. The summed E-state index contributed by atoms with van der Waals surface area (Å²) in [6, 6.07) is 3.21. The van der Waals surface area contributed by atoms with E-state index in [9.17, 15) is 13.2 Å². The summed E-state index contributed by atoms with van der Waals surface area (Å²) in [6.45, 7) is 0. The molecule has 1 aromatic rings. The summed E-state index contributed by atoms with van der Waals surface area (Å²) in [5.74, 6) is -1.82. The maximum absolute atomic E-state index is 10.4. The molecule has 6 nitrogen and oxygen atoms in total. The summed E-state index contributed by atoms with van der Waals surface area (Å²) in [6.07, 6.45) is 0. The molecule has 0 amide bonds. The number of hydrogen-bond donors (Lipinski definition) is 2. The van der Waals surface area contributed by atoms with Gasteiger partial charge in [-0.3, -0.25) is 0 Å². The largest absolute Gasteiger partial charge is 0.507 e. The van der Waals surface area contributed by atoms with Crippen LogP contribution in [0, 0.1) is 0 Å². The first-order valence-electron chi connectivity index (χ1n) is 3.38. The Kier molecular flexibility index (Phi) is 2.82. The Balaban J connectivity index is 3.26. The lowest BCUT2D eigenvalue weighted by atomic mass is 10.2. The summed E-state index contributed by atoms with van der Waals surface area (Å²) in [4.78, 5) is 10.4. The molecule has 0 radical (unpaired) electrons. The summed E-state index contributed by atoms with van der Waals surface area (Å²) in [5.41, 5.74) is -0.332. The Labute approximate surface area is 80.1 Å². The molecule has 74 valence electrons. The average molecular weight is 215 g/mol. The second-order valence-corrected chi connectivity index (χ2v) is 2.93. The molecule has 0 aromatic heterocycles. The lowest BCUT2D eigenvalue weighted by Crippen LogP contribution is -1.95. The van der Waals surface area contributed by atoms with Crippen LogP contribution in [0.5, 0.6) is 5.75 Å². The SMILES string of the molecule is O=C(O)c1ccc(N=S(=O)=O)cc1O. The Hall–Kier alpha value is -1.89. The van der Waals surface area contributed by atoms with Crippen LogP contribution < -0.4 is 0 Å². The van der Waals surface area contributed by atoms with E-state index in [4.69, 9.17) is 10.2 Å². The van der Waals surface area contributed by atoms with Crippen LogP contribution in [-0.4, -0.2) is 24.6 Å². The van der Waals surface area contributed by atoms with Crippen molar-refractivity contribution in [3.05, 3.63) is 23.8 Å². The minimum atomic E-state index is -2.63. The van der Waals surface area contributed by atoms with Crippen LogP contribution >= 0.6 is 0 Å². The first-order chi connectivity index (χ1) is 6.50. The number of carboxylic acids is 1. The molecule has 1 aromatic carbocycles. The van der Waals surface area contributed by atoms with Crippen molar-refractivity contribution in [2.75, 3.05) is 0 Å². The van der Waals surface area contributed by atoms with Gasteiger partial charge in [-0.15, -0.1) is 4.36 Å². The number of benzene rings is 1. The molecular weight excluding hydrogens is 210 g/mol. The van der Waals surface area contributed by atoms with Gasteiger partial charge in [-0.05, 0) is 12.1 Å². The number of rotatable bonds is 2. The van der Waals surface area contributed by atoms with Crippen LogP contribution in [-0.2, 0) is 10.5 Å². The number of phenols is 1. The fourth-order valence-corrected chi connectivity index (χ4v) is 1.13. The van der Waals surface area contributed by atoms with Crippen LogP contribution in [0.3, 0.4) is 0 Å². The second-order valence-electron chi connectivity index (χ2n) is 2.32. The van der Waals surface area contributed by atoms with Gasteiger partial charge in [-0.25, -0.2) is 4.79 Å². The summed E-state index contributed by atoms with van der Waals surface area (Å²) >= 11 is 0. The molecule has 0 saturated heterocycles. The molecule has 0 aliphatic rings. The summed E-state index contributed by atoms with van der Waals surface area (Å²) in [5, 5.41) is 17.7. The first-order valence-corrected chi connectivity index (χ1v) is 4.41. The third-order valence-corrected chi connectivity index (χ3v) is 1.75. The van der Waals surface area contributed by atoms with Crippen molar-refractivity contribution in [1.82, 2.24) is 0 Å². The van der Waals surface area contributed by atoms with Gasteiger partial charge in [0.1, 0.15) is 11.3 Å². The van der Waals surface area contributed by atoms with Gasteiger partial charge in [0.25, 0.3) is 0 Å². The lowest BCUT2D eigenvalue weighted by Gasteiger charge is -1.98. The van der Waals surface area contributed by atoms with Crippen molar-refractivity contribution in [1.29, 1.82) is 0 Å². The van der Waals surface area contributed by atoms with E-state index < -0.39 is 22.2 Å². The van der Waals surface area contributed by atoms with Gasteiger partial charge in [0.2, 0.25) is 0 Å². The Morgan fingerprint density at radius 2 is 2.00 bits per heavy atom. The number of aromatic carboxylic acids is 1. The lowest BCUT2D eigenvalue weighted by molar-refractivity contribution is 0.0694. The van der Waals surface area contributed by atoms with Crippen molar-refractivity contribution >= 4 is 22.2 Å². The number of aromatic hydroxyl groups is 1. The zero-order valence-corrected chi connectivity index (χ0v) is 7.52. The monoisotopic (exact) mass is 215 g/mol. The highest BCUT2D eigenvalue weighted by Gasteiger charge is 2.09. The summed E-state index contributed by atoms with van der Waals surface area (Å²) < 4.78 is 23.4. The number of carbonyl (C=O) groups is 1. The van der Waals surface area contributed by atoms with Gasteiger partial charge >= 0.3 is 16.5 Å². The first kappa shape index (κ1) is 10.2. The van der Waals surface area contributed by atoms with Crippen LogP contribution in [0.1, 0.15) is 10.4 Å². The maximum Gasteiger partial charge on any atom is 0.339 e. The van der Waals surface area contributed by atoms with E-state index in [-0.39, 0.29) is 11.3 Å². The molecule has 0 spiro atoms. The molecular formula is C7H5NO5S. The number of hydrogen-bond acceptors (Lipinski definition) is 5. The highest BCUT2D eigenvalue weighted by atomic mass is 32.2. The fraction of sp³-hybridized carbons (Fsp3) is 0. The van der Waals surface area contributed by atoms with Crippen molar-refractivity contribution < 1.29 is 23.4 Å². The van der Waals surface area contributed by atoms with E-state index in [0.29, 0.717) is 0 Å². The van der Waals surface area contributed by atoms with Gasteiger partial charge in [-0.2, -0.15) is 8.42 Å². The van der Waals surface area contributed by atoms with Crippen LogP contribution in [0.2, 0.25) is 0 Å². The van der Waals surface area contributed by atoms with Gasteiger partial charge in [0, 0.05) is 6.07 Å². The Bertz CT molecular complexity index is 497. The van der Waals surface area contributed by atoms with Crippen LogP contribution in [0.25, 0.3) is 0 Å². The molecule has 0 saturated carbocycles. The molecule has 0 atom stereocenters. The number of nitrogens with zero attached hydrogens (tertiary/aromatic N) is 1. The highest BCUT2D eigenvalue weighted by Crippen LogP contribution is 2.23. The normalized spacial score (nSPS) is 9.43. The fourth-order valence-electron chi connectivity index (χ4n) is 0.844. The molecule has 0 aliphatic heterocycles. The second kappa shape index (κ2) is 3.88. The summed E-state index contributed by atoms with van der Waals surface area (Å²) in [7, 11) is -2.63. The Morgan fingerprint density at radius 1 is 1.36 bits per heavy atom. The molecule has 0 heterocycles. The molecule has 0 unspecified atom stereocenters. The molecule has 1 rings (SSSR count). The molecule has 0 aliphatic carbocycles. The quantitative estimate of drug-likeness (QED) is 0.758. The van der Waals surface area contributed by atoms with Crippen molar-refractivity contribution in [2.45, 2.75) is 0 Å². The van der Waals surface area contributed by atoms with E-state index >= 15 is 0 Å². The minimum Gasteiger partial charge on any atom is -0.507 e. The van der Waals surface area contributed by atoms with E-state index in [0.717, 1.165) is 12.1 Å². The van der Waals surface area contributed by atoms with Gasteiger partial charge in [0.15, 0.2) is 0 Å².